The quantitative estimate of drug-likeness (QED) is 0.0845. The van der Waals surface area contributed by atoms with Gasteiger partial charge in [0.25, 0.3) is 0 Å². The Morgan fingerprint density at radius 1 is 0.115 bits per heavy atom. The van der Waals surface area contributed by atoms with E-state index in [-0.39, 0.29) is 0 Å². The molecule has 384 valence electrons. The average Bonchev–Trinajstić information content (AvgIpc) is 3.74. The van der Waals surface area contributed by atoms with Crippen molar-refractivity contribution in [3.05, 3.63) is 364 Å². The van der Waals surface area contributed by atoms with Crippen LogP contribution in [-0.2, 0) is 0 Å². The van der Waals surface area contributed by atoms with E-state index in [9.17, 15) is 0 Å². The zero-order valence-electron chi connectivity index (χ0n) is 43.1. The van der Waals surface area contributed by atoms with Gasteiger partial charge >= 0.3 is 506 Å². The van der Waals surface area contributed by atoms with Gasteiger partial charge in [-0.3, -0.25) is 0 Å². The summed E-state index contributed by atoms with van der Waals surface area (Å²) in [5.41, 5.74) is 0. The molecule has 0 heterocycles. The molecule has 0 aliphatic carbocycles. The van der Waals surface area contributed by atoms with Crippen LogP contribution in [-0.4, -0.2) is 0 Å². The molecule has 0 amide bonds. The summed E-state index contributed by atoms with van der Waals surface area (Å²) in [6.07, 6.45) is 0. The molecule has 0 saturated carbocycles. The third-order valence-corrected chi connectivity index (χ3v) is 50.2. The van der Waals surface area contributed by atoms with Gasteiger partial charge in [0.1, 0.15) is 0 Å². The van der Waals surface area contributed by atoms with Crippen LogP contribution in [0.1, 0.15) is 0 Å². The first-order valence-electron chi connectivity index (χ1n) is 26.1. The third kappa shape index (κ3) is 9.67. The molecular weight excluding hydrogens is 1340 g/mol. The first kappa shape index (κ1) is 55.4. The summed E-state index contributed by atoms with van der Waals surface area (Å²) >= 11 is 8.41. The molecule has 0 N–H and O–H groups in total. The topological polar surface area (TPSA) is 0 Å². The molecule has 0 aliphatic rings. The van der Waals surface area contributed by atoms with E-state index in [2.05, 4.69) is 430 Å². The molecular formula is C72H60I3P3. The Hall–Kier alpha value is -5.88. The Balaban J connectivity index is 0.000000132. The molecule has 0 bridgehead atoms. The van der Waals surface area contributed by atoms with Crippen molar-refractivity contribution < 1.29 is 0 Å². The standard InChI is InChI=1S/3C24H20IP/c3*25-26(21-13-5-1-6-14-21,22-15-7-2-8-16-22,23-17-9-3-10-18-23)24-19-11-4-12-20-24/h3*1-20H. The van der Waals surface area contributed by atoms with Crippen LogP contribution in [0, 0.1) is 0 Å². The minimum absolute atomic E-state index is 1.38. The Morgan fingerprint density at radius 2 is 0.179 bits per heavy atom. The van der Waals surface area contributed by atoms with Crippen molar-refractivity contribution >= 4 is 143 Å². The zero-order chi connectivity index (χ0) is 53.7. The van der Waals surface area contributed by atoms with Crippen molar-refractivity contribution in [3.8, 4) is 0 Å². The second kappa shape index (κ2) is 24.2. The fourth-order valence-electron chi connectivity index (χ4n) is 11.2. The van der Waals surface area contributed by atoms with Crippen LogP contribution in [0.25, 0.3) is 0 Å². The fourth-order valence-corrected chi connectivity index (χ4v) is 36.9. The number of benzene rings is 12. The van der Waals surface area contributed by atoms with Crippen LogP contribution in [0.15, 0.2) is 364 Å². The van der Waals surface area contributed by atoms with E-state index < -0.39 is 12.7 Å². The van der Waals surface area contributed by atoms with E-state index in [1.807, 2.05) is 0 Å². The van der Waals surface area contributed by atoms with Gasteiger partial charge in [-0.2, -0.15) is 0 Å². The van der Waals surface area contributed by atoms with Crippen molar-refractivity contribution in [2.24, 2.45) is 0 Å². The molecule has 0 aromatic heterocycles. The van der Waals surface area contributed by atoms with Gasteiger partial charge in [-0.25, -0.2) is 0 Å². The summed E-state index contributed by atoms with van der Waals surface area (Å²) in [7, 11) is 0. The van der Waals surface area contributed by atoms with Crippen LogP contribution in [0.5, 0.6) is 0 Å². The maximum absolute atomic E-state index is 2.85. The Bertz CT molecular complexity index is 2850. The Kier molecular flexibility index (Phi) is 17.2. The van der Waals surface area contributed by atoms with E-state index in [0.29, 0.717) is 0 Å². The molecule has 0 saturated heterocycles. The molecule has 12 aromatic carbocycles. The van der Waals surface area contributed by atoms with Crippen molar-refractivity contribution in [1.29, 1.82) is 0 Å². The molecule has 6 heteroatoms. The molecule has 0 radical (unpaired) electrons. The first-order chi connectivity index (χ1) is 38.2. The van der Waals surface area contributed by atoms with Gasteiger partial charge in [-0.15, -0.1) is 0 Å². The molecule has 0 nitrogen and oxygen atoms in total. The summed E-state index contributed by atoms with van der Waals surface area (Å²) in [5, 5.41) is 16.5. The van der Waals surface area contributed by atoms with E-state index in [1.54, 1.807) is 0 Å². The summed E-state index contributed by atoms with van der Waals surface area (Å²) < 4.78 is -8.54. The summed E-state index contributed by atoms with van der Waals surface area (Å²) in [6, 6.07) is 132. The van der Waals surface area contributed by atoms with E-state index in [4.69, 9.17) is 0 Å². The minimum atomic E-state index is -2.85. The molecule has 0 spiro atoms. The normalized spacial score (nSPS) is 12.9. The predicted molar refractivity (Wildman–Crippen MR) is 376 cm³/mol. The van der Waals surface area contributed by atoms with Crippen molar-refractivity contribution in [2.45, 2.75) is 0 Å². The first-order valence-corrected chi connectivity index (χ1v) is 41.2. The molecule has 12 rings (SSSR count). The monoisotopic (exact) mass is 1400 g/mol. The second-order valence-electron chi connectivity index (χ2n) is 19.1. The SMILES string of the molecule is IP(c1ccccc1)(c1ccccc1)(c1ccccc1)c1ccccc1.IP(c1ccccc1)(c1ccccc1)(c1ccccc1)c1ccccc1.IP(c1ccccc1)(c1ccccc1)(c1ccccc1)c1ccccc1. The van der Waals surface area contributed by atoms with Gasteiger partial charge in [0.05, 0.1) is 0 Å². The van der Waals surface area contributed by atoms with Crippen LogP contribution < -0.4 is 63.7 Å². The van der Waals surface area contributed by atoms with E-state index in [0.717, 1.165) is 0 Å². The van der Waals surface area contributed by atoms with Crippen molar-refractivity contribution in [1.82, 2.24) is 0 Å². The Labute approximate surface area is 501 Å². The molecule has 12 aromatic rings. The molecule has 0 atom stereocenters. The summed E-state index contributed by atoms with van der Waals surface area (Å²) in [5.74, 6) is 0. The van der Waals surface area contributed by atoms with Gasteiger partial charge in [-0.05, 0) is 0 Å². The van der Waals surface area contributed by atoms with Crippen molar-refractivity contribution in [3.63, 3.8) is 0 Å². The van der Waals surface area contributed by atoms with Crippen molar-refractivity contribution in [2.75, 3.05) is 0 Å². The molecule has 0 unspecified atom stereocenters. The molecule has 78 heavy (non-hydrogen) atoms. The fraction of sp³-hybridized carbons (Fsp3) is 0. The predicted octanol–water partition coefficient (Wildman–Crippen LogP) is 15.6. The van der Waals surface area contributed by atoms with Gasteiger partial charge in [-0.1, -0.05) is 0 Å². The van der Waals surface area contributed by atoms with Gasteiger partial charge in [0.15, 0.2) is 0 Å². The van der Waals surface area contributed by atoms with E-state index in [1.165, 1.54) is 63.7 Å². The maximum atomic E-state index is 2.80. The van der Waals surface area contributed by atoms with Crippen LogP contribution in [0.3, 0.4) is 0 Å². The number of hydrogen-bond donors (Lipinski definition) is 0. The molecule has 0 aliphatic heterocycles. The summed E-state index contributed by atoms with van der Waals surface area (Å²) in [6.45, 7) is 0. The molecule has 0 fully saturated rings. The third-order valence-electron chi connectivity index (χ3n) is 14.9. The Morgan fingerprint density at radius 3 is 0.244 bits per heavy atom. The van der Waals surface area contributed by atoms with Crippen LogP contribution >= 0.6 is 78.9 Å². The van der Waals surface area contributed by atoms with Gasteiger partial charge < -0.3 is 0 Å². The number of halogens is 3. The second-order valence-corrected chi connectivity index (χ2v) is 48.7. The van der Waals surface area contributed by atoms with Crippen LogP contribution in [0.4, 0.5) is 0 Å². The zero-order valence-corrected chi connectivity index (χ0v) is 52.3. The number of rotatable bonds is 12. The van der Waals surface area contributed by atoms with Crippen LogP contribution in [0.2, 0.25) is 0 Å². The van der Waals surface area contributed by atoms with Gasteiger partial charge in [0.2, 0.25) is 0 Å². The van der Waals surface area contributed by atoms with Gasteiger partial charge in [0, 0.05) is 0 Å². The number of hydrogen-bond acceptors (Lipinski definition) is 0. The summed E-state index contributed by atoms with van der Waals surface area (Å²) in [4.78, 5) is 0. The average molecular weight is 1400 g/mol. The van der Waals surface area contributed by atoms with E-state index >= 15 is 0 Å².